The molecule has 0 bridgehead atoms. The Morgan fingerprint density at radius 1 is 0.917 bits per heavy atom. The Morgan fingerprint density at radius 2 is 1.33 bits per heavy atom. The van der Waals surface area contributed by atoms with Gasteiger partial charge in [0.1, 0.15) is 0 Å². The van der Waals surface area contributed by atoms with Gasteiger partial charge in [0.25, 0.3) is 0 Å². The highest BCUT2D eigenvalue weighted by atomic mass is 14.3. The lowest BCUT2D eigenvalue weighted by molar-refractivity contribution is 0.486. The summed E-state index contributed by atoms with van der Waals surface area (Å²) < 4.78 is 8.30. The van der Waals surface area contributed by atoms with Crippen LogP contribution in [0.3, 0.4) is 0 Å². The van der Waals surface area contributed by atoms with Crippen LogP contribution >= 0.6 is 0 Å². The first-order valence-corrected chi connectivity index (χ1v) is 4.65. The van der Waals surface area contributed by atoms with E-state index in [0.29, 0.717) is 5.92 Å². The van der Waals surface area contributed by atoms with Crippen LogP contribution in [-0.2, 0) is 0 Å². The fourth-order valence-electron chi connectivity index (χ4n) is 1.85. The predicted octanol–water partition coefficient (Wildman–Crippen LogP) is 3.95. The summed E-state index contributed by atoms with van der Waals surface area (Å²) in [7, 11) is 0. The van der Waals surface area contributed by atoms with E-state index < -0.39 is 5.89 Å². The molecule has 0 amide bonds. The standard InChI is InChI=1S/C12H20/c1-7-8(2)10(4)12(6)11(5)9(7)3/h7-8H,1-6H3/i7D. The lowest BCUT2D eigenvalue weighted by Gasteiger charge is -2.30. The first kappa shape index (κ1) is 8.10. The molecule has 0 aromatic rings. The number of hydrogen-bond donors (Lipinski definition) is 0. The quantitative estimate of drug-likeness (QED) is 0.510. The van der Waals surface area contributed by atoms with Crippen LogP contribution in [0.4, 0.5) is 0 Å². The first-order valence-electron chi connectivity index (χ1n) is 5.15. The Labute approximate surface area is 77.8 Å². The summed E-state index contributed by atoms with van der Waals surface area (Å²) in [5, 5.41) is 0. The summed E-state index contributed by atoms with van der Waals surface area (Å²) in [4.78, 5) is 0. The molecule has 0 saturated carbocycles. The van der Waals surface area contributed by atoms with Gasteiger partial charge in [-0.1, -0.05) is 25.0 Å². The van der Waals surface area contributed by atoms with Gasteiger partial charge in [-0.05, 0) is 50.7 Å². The molecule has 1 rings (SSSR count). The van der Waals surface area contributed by atoms with Crippen molar-refractivity contribution in [3.63, 3.8) is 0 Å². The lowest BCUT2D eigenvalue weighted by atomic mass is 9.75. The Bertz CT molecular complexity index is 292. The molecular weight excluding hydrogens is 144 g/mol. The van der Waals surface area contributed by atoms with Gasteiger partial charge >= 0.3 is 0 Å². The van der Waals surface area contributed by atoms with Gasteiger partial charge in [0.05, 0.1) is 0 Å². The molecule has 0 aromatic carbocycles. The second-order valence-corrected chi connectivity index (χ2v) is 3.96. The summed E-state index contributed by atoms with van der Waals surface area (Å²) in [6, 6.07) is 0. The number of rotatable bonds is 0. The number of hydrogen-bond acceptors (Lipinski definition) is 0. The molecule has 0 saturated heterocycles. The van der Waals surface area contributed by atoms with Crippen LogP contribution in [0.15, 0.2) is 22.3 Å². The highest BCUT2D eigenvalue weighted by Crippen LogP contribution is 2.37. The molecule has 2 unspecified atom stereocenters. The SMILES string of the molecule is [2H]C1(C)C(C)=C(C)C(C)=C(C)C1C. The zero-order valence-corrected chi connectivity index (χ0v) is 9.08. The molecule has 68 valence electrons. The van der Waals surface area contributed by atoms with E-state index in [2.05, 4.69) is 34.6 Å². The molecule has 0 aliphatic heterocycles. The Morgan fingerprint density at radius 3 is 1.83 bits per heavy atom. The van der Waals surface area contributed by atoms with E-state index in [4.69, 9.17) is 1.37 Å². The monoisotopic (exact) mass is 165 g/mol. The highest BCUT2D eigenvalue weighted by molar-refractivity contribution is 5.40. The fraction of sp³-hybridized carbons (Fsp3) is 0.667. The molecule has 0 nitrogen and oxygen atoms in total. The molecule has 0 N–H and O–H groups in total. The van der Waals surface area contributed by atoms with Crippen molar-refractivity contribution in [2.45, 2.75) is 41.5 Å². The maximum absolute atomic E-state index is 8.30. The average molecular weight is 165 g/mol. The zero-order chi connectivity index (χ0) is 10.4. The zero-order valence-electron chi connectivity index (χ0n) is 10.1. The van der Waals surface area contributed by atoms with Crippen molar-refractivity contribution in [1.29, 1.82) is 0 Å². The second kappa shape index (κ2) is 3.08. The summed E-state index contributed by atoms with van der Waals surface area (Å²) in [5.41, 5.74) is 5.30. The molecule has 0 spiro atoms. The van der Waals surface area contributed by atoms with E-state index >= 15 is 0 Å². The molecule has 0 radical (unpaired) electrons. The summed E-state index contributed by atoms with van der Waals surface area (Å²) in [6.07, 6.45) is 0. The van der Waals surface area contributed by atoms with E-state index in [9.17, 15) is 0 Å². The second-order valence-electron chi connectivity index (χ2n) is 3.96. The smallest absolute Gasteiger partial charge is 0.0352 e. The van der Waals surface area contributed by atoms with Gasteiger partial charge in [-0.15, -0.1) is 0 Å². The summed E-state index contributed by atoms with van der Waals surface area (Å²) in [5.74, 6) is -0.0653. The van der Waals surface area contributed by atoms with Crippen LogP contribution in [0.1, 0.15) is 42.9 Å². The van der Waals surface area contributed by atoms with Gasteiger partial charge in [-0.3, -0.25) is 0 Å². The van der Waals surface area contributed by atoms with Crippen LogP contribution in [0, 0.1) is 11.8 Å². The van der Waals surface area contributed by atoms with E-state index in [1.165, 1.54) is 22.3 Å². The van der Waals surface area contributed by atoms with E-state index in [1.807, 2.05) is 6.92 Å². The summed E-state index contributed by atoms with van der Waals surface area (Å²) in [6.45, 7) is 12.7. The minimum absolute atomic E-state index is 0.344. The van der Waals surface area contributed by atoms with Crippen molar-refractivity contribution in [3.05, 3.63) is 22.3 Å². The van der Waals surface area contributed by atoms with Gasteiger partial charge in [0, 0.05) is 1.37 Å². The van der Waals surface area contributed by atoms with E-state index in [-0.39, 0.29) is 0 Å². The number of allylic oxidation sites excluding steroid dienone is 4. The van der Waals surface area contributed by atoms with Crippen LogP contribution in [0.5, 0.6) is 0 Å². The van der Waals surface area contributed by atoms with E-state index in [1.54, 1.807) is 0 Å². The van der Waals surface area contributed by atoms with Crippen LogP contribution in [-0.4, -0.2) is 0 Å². The first-order chi connectivity index (χ1) is 5.80. The minimum atomic E-state index is -0.409. The van der Waals surface area contributed by atoms with Crippen LogP contribution in [0.2, 0.25) is 0 Å². The summed E-state index contributed by atoms with van der Waals surface area (Å²) >= 11 is 0. The third kappa shape index (κ3) is 1.24. The molecular formula is C12H20. The Kier molecular flexibility index (Phi) is 2.08. The highest BCUT2D eigenvalue weighted by Gasteiger charge is 2.23. The van der Waals surface area contributed by atoms with Gasteiger partial charge in [0.2, 0.25) is 0 Å². The molecule has 0 fully saturated rings. The predicted molar refractivity (Wildman–Crippen MR) is 55.1 cm³/mol. The third-order valence-corrected chi connectivity index (χ3v) is 3.61. The largest absolute Gasteiger partial charge is 0.0667 e. The molecule has 0 aromatic heterocycles. The van der Waals surface area contributed by atoms with Gasteiger partial charge in [-0.2, -0.15) is 0 Å². The van der Waals surface area contributed by atoms with Crippen molar-refractivity contribution in [2.24, 2.45) is 11.8 Å². The molecule has 0 heterocycles. The normalized spacial score (nSPS) is 38.8. The topological polar surface area (TPSA) is 0 Å². The fourth-order valence-corrected chi connectivity index (χ4v) is 1.85. The maximum Gasteiger partial charge on any atom is 0.0352 e. The van der Waals surface area contributed by atoms with Gasteiger partial charge in [0.15, 0.2) is 0 Å². The van der Waals surface area contributed by atoms with Gasteiger partial charge < -0.3 is 0 Å². The van der Waals surface area contributed by atoms with Crippen molar-refractivity contribution >= 4 is 0 Å². The van der Waals surface area contributed by atoms with Crippen molar-refractivity contribution in [2.75, 3.05) is 0 Å². The van der Waals surface area contributed by atoms with Crippen LogP contribution < -0.4 is 0 Å². The van der Waals surface area contributed by atoms with Crippen LogP contribution in [0.25, 0.3) is 0 Å². The molecule has 0 heteroatoms. The van der Waals surface area contributed by atoms with Crippen molar-refractivity contribution in [3.8, 4) is 0 Å². The Balaban J connectivity index is 3.32. The van der Waals surface area contributed by atoms with Crippen molar-refractivity contribution < 1.29 is 1.37 Å². The van der Waals surface area contributed by atoms with Crippen molar-refractivity contribution in [1.82, 2.24) is 0 Å². The molecule has 2 atom stereocenters. The molecule has 12 heavy (non-hydrogen) atoms. The Hall–Kier alpha value is -0.520. The minimum Gasteiger partial charge on any atom is -0.0667 e. The van der Waals surface area contributed by atoms with Gasteiger partial charge in [-0.25, -0.2) is 0 Å². The average Bonchev–Trinajstić information content (AvgIpc) is 2.09. The molecule has 1 aliphatic carbocycles. The molecule has 1 aliphatic rings. The van der Waals surface area contributed by atoms with E-state index in [0.717, 1.165) is 0 Å². The third-order valence-electron chi connectivity index (χ3n) is 3.61. The lowest BCUT2D eigenvalue weighted by Crippen LogP contribution is -2.17. The maximum atomic E-state index is 8.30.